The number of hydrogen-bond acceptors (Lipinski definition) is 7. The van der Waals surface area contributed by atoms with Gasteiger partial charge >= 0.3 is 6.03 Å². The summed E-state index contributed by atoms with van der Waals surface area (Å²) in [5, 5.41) is 18.4. The molecule has 0 radical (unpaired) electrons. The normalized spacial score (nSPS) is 17.3. The lowest BCUT2D eigenvalue weighted by molar-refractivity contribution is -0.134. The minimum absolute atomic E-state index is 0.0255. The zero-order valence-corrected chi connectivity index (χ0v) is 27.2. The molecule has 11 heteroatoms. The number of aliphatic hydroxyl groups is 1. The largest absolute Gasteiger partial charge is 0.488 e. The Hall–Kier alpha value is -4.61. The minimum Gasteiger partial charge on any atom is -0.488 e. The highest BCUT2D eigenvalue weighted by atomic mass is 16.5. The molecule has 6 N–H and O–H groups in total. The minimum atomic E-state index is -0.359. The summed E-state index contributed by atoms with van der Waals surface area (Å²) >= 11 is 0. The first-order valence-electron chi connectivity index (χ1n) is 15.6. The number of nitrogen functional groups attached to an aromatic ring is 1. The molecular formula is C35H46N6O5. The maximum Gasteiger partial charge on any atom is 0.319 e. The number of nitrogens with one attached hydrogen (secondary N) is 3. The van der Waals surface area contributed by atoms with Crippen molar-refractivity contribution in [2.45, 2.75) is 58.8 Å². The van der Waals surface area contributed by atoms with E-state index in [0.717, 1.165) is 5.56 Å². The van der Waals surface area contributed by atoms with Gasteiger partial charge in [-0.1, -0.05) is 31.2 Å². The van der Waals surface area contributed by atoms with Crippen LogP contribution in [0.3, 0.4) is 0 Å². The molecule has 0 saturated carbocycles. The number of nitrogens with two attached hydrogens (primary N) is 1. The fourth-order valence-corrected chi connectivity index (χ4v) is 5.40. The molecule has 1 heterocycles. The number of nitrogens with zero attached hydrogens (tertiary/aromatic N) is 2. The number of carbonyl (C=O) groups is 3. The molecule has 3 atom stereocenters. The Balaban J connectivity index is 1.49. The van der Waals surface area contributed by atoms with Gasteiger partial charge in [0, 0.05) is 48.4 Å². The number of urea groups is 1. The number of hydrogen-bond donors (Lipinski definition) is 5. The second-order valence-corrected chi connectivity index (χ2v) is 12.4. The van der Waals surface area contributed by atoms with Crippen molar-refractivity contribution in [3.8, 4) is 5.75 Å². The van der Waals surface area contributed by atoms with E-state index in [1.165, 1.54) is 0 Å². The van der Waals surface area contributed by atoms with E-state index in [1.54, 1.807) is 47.4 Å². The highest BCUT2D eigenvalue weighted by Gasteiger charge is 2.31. The zero-order valence-electron chi connectivity index (χ0n) is 27.2. The molecule has 0 aliphatic carbocycles. The topological polar surface area (TPSA) is 149 Å². The van der Waals surface area contributed by atoms with E-state index < -0.39 is 0 Å². The van der Waals surface area contributed by atoms with E-state index in [2.05, 4.69) is 20.9 Å². The zero-order chi connectivity index (χ0) is 33.4. The highest BCUT2D eigenvalue weighted by molar-refractivity contribution is 6.05. The van der Waals surface area contributed by atoms with Gasteiger partial charge in [-0.25, -0.2) is 4.79 Å². The fourth-order valence-electron chi connectivity index (χ4n) is 5.40. The SMILES string of the molecule is CC(C)NC(=O)Nc1ccc2c(c1)CC(=O)N([C@H](C)CO)C[C@@H](C)[C@@H](CN(C)Cc1ccc(C(=O)Nc3ccccc3N)cc1)O2. The van der Waals surface area contributed by atoms with Crippen molar-refractivity contribution in [3.05, 3.63) is 83.4 Å². The fraction of sp³-hybridized carbons (Fsp3) is 0.400. The first kappa shape index (κ1) is 34.3. The number of para-hydroxylation sites is 2. The Labute approximate surface area is 271 Å². The van der Waals surface area contributed by atoms with Gasteiger partial charge in [-0.3, -0.25) is 14.5 Å². The number of carbonyl (C=O) groups excluding carboxylic acids is 3. The molecule has 0 aromatic heterocycles. The van der Waals surface area contributed by atoms with Crippen molar-refractivity contribution in [2.24, 2.45) is 5.92 Å². The summed E-state index contributed by atoms with van der Waals surface area (Å²) in [6.45, 7) is 9.07. The maximum atomic E-state index is 13.5. The third-order valence-electron chi connectivity index (χ3n) is 7.96. The third-order valence-corrected chi connectivity index (χ3v) is 7.96. The monoisotopic (exact) mass is 630 g/mol. The molecule has 246 valence electrons. The van der Waals surface area contributed by atoms with Crippen LogP contribution in [0.4, 0.5) is 21.9 Å². The predicted molar refractivity (Wildman–Crippen MR) is 181 cm³/mol. The van der Waals surface area contributed by atoms with E-state index in [-0.39, 0.29) is 55.0 Å². The Bertz CT molecular complexity index is 1510. The lowest BCUT2D eigenvalue weighted by Gasteiger charge is -2.34. The molecule has 4 rings (SSSR count). The van der Waals surface area contributed by atoms with Gasteiger partial charge in [0.15, 0.2) is 0 Å². The van der Waals surface area contributed by atoms with Crippen LogP contribution in [0.5, 0.6) is 5.75 Å². The molecule has 0 unspecified atom stereocenters. The van der Waals surface area contributed by atoms with Crippen molar-refractivity contribution in [2.75, 3.05) is 43.1 Å². The van der Waals surface area contributed by atoms with Crippen LogP contribution in [0, 0.1) is 5.92 Å². The van der Waals surface area contributed by atoms with Crippen LogP contribution in [0.1, 0.15) is 49.2 Å². The van der Waals surface area contributed by atoms with Crippen molar-refractivity contribution in [1.29, 1.82) is 0 Å². The van der Waals surface area contributed by atoms with Gasteiger partial charge in [-0.05, 0) is 75.8 Å². The van der Waals surface area contributed by atoms with Crippen LogP contribution >= 0.6 is 0 Å². The molecule has 1 aliphatic rings. The Morgan fingerprint density at radius 3 is 2.46 bits per heavy atom. The number of ether oxygens (including phenoxy) is 1. The Morgan fingerprint density at radius 2 is 1.78 bits per heavy atom. The van der Waals surface area contributed by atoms with E-state index in [9.17, 15) is 19.5 Å². The number of likely N-dealkylation sites (N-methyl/N-ethyl adjacent to an activating group) is 1. The lowest BCUT2D eigenvalue weighted by atomic mass is 10.0. The smallest absolute Gasteiger partial charge is 0.319 e. The number of benzene rings is 3. The van der Waals surface area contributed by atoms with Crippen molar-refractivity contribution in [3.63, 3.8) is 0 Å². The molecule has 1 aliphatic heterocycles. The van der Waals surface area contributed by atoms with Crippen molar-refractivity contribution >= 4 is 34.9 Å². The number of anilines is 3. The standard InChI is InChI=1S/C35H46N6O5/c1-22(2)37-35(45)38-28-14-15-31-27(16-28)17-33(43)41(24(4)21-42)18-23(3)32(46-31)20-40(5)19-25-10-12-26(13-11-25)34(44)39-30-9-7-6-8-29(30)36/h6-16,22-24,32,42H,17-21,36H2,1-5H3,(H,39,44)(H2,37,38,45)/t23-,24-,32-/m1/s1. The average molecular weight is 631 g/mol. The van der Waals surface area contributed by atoms with Crippen LogP contribution in [0.15, 0.2) is 66.7 Å². The van der Waals surface area contributed by atoms with Gasteiger partial charge in [0.05, 0.1) is 30.4 Å². The molecule has 0 spiro atoms. The second kappa shape index (κ2) is 15.6. The summed E-state index contributed by atoms with van der Waals surface area (Å²) in [5.41, 5.74) is 9.80. The van der Waals surface area contributed by atoms with Crippen LogP contribution in [-0.2, 0) is 17.8 Å². The van der Waals surface area contributed by atoms with E-state index in [4.69, 9.17) is 10.5 Å². The van der Waals surface area contributed by atoms with Gasteiger partial charge < -0.3 is 36.4 Å². The predicted octanol–water partition coefficient (Wildman–Crippen LogP) is 4.33. The Kier molecular flexibility index (Phi) is 11.6. The van der Waals surface area contributed by atoms with Gasteiger partial charge in [-0.2, -0.15) is 0 Å². The summed E-state index contributed by atoms with van der Waals surface area (Å²) in [6.07, 6.45) is -0.208. The summed E-state index contributed by atoms with van der Waals surface area (Å²) < 4.78 is 6.61. The van der Waals surface area contributed by atoms with Gasteiger partial charge in [0.2, 0.25) is 5.91 Å². The third kappa shape index (κ3) is 9.21. The highest BCUT2D eigenvalue weighted by Crippen LogP contribution is 2.29. The quantitative estimate of drug-likeness (QED) is 0.209. The number of rotatable bonds is 10. The summed E-state index contributed by atoms with van der Waals surface area (Å²) in [5.74, 6) is 0.174. The average Bonchev–Trinajstić information content (AvgIpc) is 3.05. The molecular weight excluding hydrogens is 584 g/mol. The molecule has 0 saturated heterocycles. The van der Waals surface area contributed by atoms with Crippen molar-refractivity contribution in [1.82, 2.24) is 15.1 Å². The first-order valence-corrected chi connectivity index (χ1v) is 15.6. The summed E-state index contributed by atoms with van der Waals surface area (Å²) in [4.78, 5) is 42.4. The number of fused-ring (bicyclic) bond motifs is 1. The van der Waals surface area contributed by atoms with Crippen LogP contribution < -0.4 is 26.4 Å². The van der Waals surface area contributed by atoms with Gasteiger partial charge in [0.1, 0.15) is 11.9 Å². The number of amides is 4. The molecule has 3 aromatic carbocycles. The molecule has 0 fully saturated rings. The molecule has 0 bridgehead atoms. The second-order valence-electron chi connectivity index (χ2n) is 12.4. The summed E-state index contributed by atoms with van der Waals surface area (Å²) in [7, 11) is 2.00. The van der Waals surface area contributed by atoms with E-state index >= 15 is 0 Å². The van der Waals surface area contributed by atoms with Crippen LogP contribution in [0.25, 0.3) is 0 Å². The van der Waals surface area contributed by atoms with Crippen LogP contribution in [-0.4, -0.2) is 77.7 Å². The van der Waals surface area contributed by atoms with Gasteiger partial charge in [-0.15, -0.1) is 0 Å². The molecule has 4 amide bonds. The number of aliphatic hydroxyl groups excluding tert-OH is 1. The molecule has 46 heavy (non-hydrogen) atoms. The molecule has 3 aromatic rings. The maximum absolute atomic E-state index is 13.5. The lowest BCUT2D eigenvalue weighted by Crippen LogP contribution is -2.47. The first-order chi connectivity index (χ1) is 21.9. The van der Waals surface area contributed by atoms with E-state index in [0.29, 0.717) is 53.6 Å². The summed E-state index contributed by atoms with van der Waals surface area (Å²) in [6, 6.07) is 19.2. The molecule has 11 nitrogen and oxygen atoms in total. The van der Waals surface area contributed by atoms with Crippen molar-refractivity contribution < 1.29 is 24.2 Å². The van der Waals surface area contributed by atoms with Crippen LogP contribution in [0.2, 0.25) is 0 Å². The van der Waals surface area contributed by atoms with Gasteiger partial charge in [0.25, 0.3) is 5.91 Å². The Morgan fingerprint density at radius 1 is 1.07 bits per heavy atom. The van der Waals surface area contributed by atoms with E-state index in [1.807, 2.05) is 59.0 Å².